The Hall–Kier alpha value is -2.60. The molecule has 0 bridgehead atoms. The molecule has 3 N–H and O–H groups in total. The van der Waals surface area contributed by atoms with Crippen molar-refractivity contribution in [1.82, 2.24) is 10.3 Å². The third kappa shape index (κ3) is 3.74. The normalized spacial score (nSPS) is 10.4. The molecule has 0 aliphatic carbocycles. The number of aryl methyl sites for hydroxylation is 1. The van der Waals surface area contributed by atoms with Gasteiger partial charge in [-0.25, -0.2) is 0 Å². The van der Waals surface area contributed by atoms with Crippen molar-refractivity contribution in [3.8, 4) is 0 Å². The highest BCUT2D eigenvalue weighted by Gasteiger charge is 2.22. The van der Waals surface area contributed by atoms with E-state index in [1.807, 2.05) is 6.92 Å². The fourth-order valence-corrected chi connectivity index (χ4v) is 3.01. The van der Waals surface area contributed by atoms with E-state index in [-0.39, 0.29) is 23.2 Å². The second-order valence-electron chi connectivity index (χ2n) is 5.62. The van der Waals surface area contributed by atoms with E-state index in [2.05, 4.69) is 15.6 Å². The predicted octanol–water partition coefficient (Wildman–Crippen LogP) is 3.35. The molecule has 132 valence electrons. The van der Waals surface area contributed by atoms with Gasteiger partial charge in [0, 0.05) is 24.0 Å². The third-order valence-electron chi connectivity index (χ3n) is 3.92. The van der Waals surface area contributed by atoms with Gasteiger partial charge in [0.1, 0.15) is 5.69 Å². The lowest BCUT2D eigenvalue weighted by atomic mass is 10.0. The molecule has 0 fully saturated rings. The molecule has 2 aromatic rings. The number of H-pyrrole nitrogens is 1. The highest BCUT2D eigenvalue weighted by molar-refractivity contribution is 6.34. The Kier molecular flexibility index (Phi) is 5.64. The summed E-state index contributed by atoms with van der Waals surface area (Å²) in [6.45, 7) is 5.13. The summed E-state index contributed by atoms with van der Waals surface area (Å²) in [4.78, 5) is 39.3. The second-order valence-corrected chi connectivity index (χ2v) is 6.02. The van der Waals surface area contributed by atoms with Crippen LogP contribution in [0, 0.1) is 6.92 Å². The minimum atomic E-state index is -0.377. The van der Waals surface area contributed by atoms with Gasteiger partial charge in [-0.1, -0.05) is 18.5 Å². The fraction of sp³-hybridized carbons (Fsp3) is 0.278. The quantitative estimate of drug-likeness (QED) is 0.713. The monoisotopic (exact) mass is 361 g/mol. The van der Waals surface area contributed by atoms with Crippen molar-refractivity contribution in [3.63, 3.8) is 0 Å². The molecule has 0 unspecified atom stereocenters. The van der Waals surface area contributed by atoms with Crippen molar-refractivity contribution in [2.24, 2.45) is 0 Å². The molecule has 0 saturated carbocycles. The minimum absolute atomic E-state index is 0.0851. The average Bonchev–Trinajstić information content (AvgIpc) is 2.92. The van der Waals surface area contributed by atoms with E-state index < -0.39 is 0 Å². The van der Waals surface area contributed by atoms with Gasteiger partial charge in [0.2, 0.25) is 0 Å². The van der Waals surface area contributed by atoms with Crippen LogP contribution in [-0.4, -0.2) is 29.6 Å². The zero-order valence-electron chi connectivity index (χ0n) is 14.5. The molecule has 7 heteroatoms. The van der Waals surface area contributed by atoms with E-state index >= 15 is 0 Å². The first-order valence-electron chi connectivity index (χ1n) is 7.85. The zero-order chi connectivity index (χ0) is 18.7. The summed E-state index contributed by atoms with van der Waals surface area (Å²) in [7, 11) is 1.50. The highest BCUT2D eigenvalue weighted by Crippen LogP contribution is 2.24. The summed E-state index contributed by atoms with van der Waals surface area (Å²) in [5.74, 6) is -0.805. The number of carbonyl (C=O) groups excluding carboxylic acids is 3. The molecule has 6 nitrogen and oxygen atoms in total. The summed E-state index contributed by atoms with van der Waals surface area (Å²) in [6.07, 6.45) is 0.548. The van der Waals surface area contributed by atoms with Gasteiger partial charge in [-0.2, -0.15) is 0 Å². The van der Waals surface area contributed by atoms with E-state index in [9.17, 15) is 14.4 Å². The summed E-state index contributed by atoms with van der Waals surface area (Å²) in [5.41, 5.74) is 2.95. The number of ketones is 1. The van der Waals surface area contributed by atoms with Gasteiger partial charge in [-0.3, -0.25) is 14.4 Å². The van der Waals surface area contributed by atoms with Gasteiger partial charge in [0.25, 0.3) is 11.8 Å². The molecule has 0 radical (unpaired) electrons. The van der Waals surface area contributed by atoms with Crippen LogP contribution < -0.4 is 10.6 Å². The number of aromatic nitrogens is 1. The molecule has 1 heterocycles. The number of nitrogens with one attached hydrogen (secondary N) is 3. The molecule has 2 amide bonds. The third-order valence-corrected chi connectivity index (χ3v) is 4.25. The molecule has 0 spiro atoms. The Morgan fingerprint density at radius 2 is 1.88 bits per heavy atom. The lowest BCUT2D eigenvalue weighted by molar-refractivity contribution is 0.0960. The standard InChI is InChI=1S/C18H20ClN3O3/c1-5-12-15(10(3)23)9(2)21-16(12)18(25)22-11-6-7-14(19)13(8-11)17(24)20-4/h6-8,21H,5H2,1-4H3,(H,20,24)(H,22,25). The van der Waals surface area contributed by atoms with E-state index in [4.69, 9.17) is 11.6 Å². The van der Waals surface area contributed by atoms with Gasteiger partial charge in [-0.05, 0) is 44.0 Å². The number of aromatic amines is 1. The summed E-state index contributed by atoms with van der Waals surface area (Å²) in [5, 5.41) is 5.53. The van der Waals surface area contributed by atoms with Crippen molar-refractivity contribution in [1.29, 1.82) is 0 Å². The van der Waals surface area contributed by atoms with Crippen molar-refractivity contribution in [3.05, 3.63) is 51.3 Å². The van der Waals surface area contributed by atoms with E-state index in [1.54, 1.807) is 19.1 Å². The van der Waals surface area contributed by atoms with Crippen molar-refractivity contribution in [2.45, 2.75) is 27.2 Å². The maximum absolute atomic E-state index is 12.6. The number of Topliss-reactive ketones (excluding diaryl/α,β-unsaturated/α-hetero) is 1. The Balaban J connectivity index is 2.37. The number of rotatable bonds is 5. The number of carbonyl (C=O) groups is 3. The first-order valence-corrected chi connectivity index (χ1v) is 8.23. The van der Waals surface area contributed by atoms with Gasteiger partial charge in [-0.15, -0.1) is 0 Å². The second kappa shape index (κ2) is 7.53. The van der Waals surface area contributed by atoms with Crippen LogP contribution in [0.15, 0.2) is 18.2 Å². The van der Waals surface area contributed by atoms with Crippen molar-refractivity contribution in [2.75, 3.05) is 12.4 Å². The topological polar surface area (TPSA) is 91.1 Å². The van der Waals surface area contributed by atoms with Crippen LogP contribution in [0.2, 0.25) is 5.02 Å². The van der Waals surface area contributed by atoms with Gasteiger partial charge < -0.3 is 15.6 Å². The van der Waals surface area contributed by atoms with Crippen LogP contribution in [0.5, 0.6) is 0 Å². The number of hydrogen-bond acceptors (Lipinski definition) is 3. The first kappa shape index (κ1) is 18.7. The molecule has 1 aromatic carbocycles. The van der Waals surface area contributed by atoms with E-state index in [0.717, 1.165) is 0 Å². The van der Waals surface area contributed by atoms with Crippen molar-refractivity contribution >= 4 is 34.9 Å². The Labute approximate surface area is 151 Å². The molecule has 2 rings (SSSR count). The maximum atomic E-state index is 12.6. The van der Waals surface area contributed by atoms with Gasteiger partial charge in [0.15, 0.2) is 5.78 Å². The lowest BCUT2D eigenvalue weighted by Crippen LogP contribution is -2.19. The SMILES string of the molecule is CCc1c(C(=O)Nc2ccc(Cl)c(C(=O)NC)c2)[nH]c(C)c1C(C)=O. The van der Waals surface area contributed by atoms with E-state index in [0.29, 0.717) is 39.6 Å². The molecular weight excluding hydrogens is 342 g/mol. The zero-order valence-corrected chi connectivity index (χ0v) is 15.3. The van der Waals surface area contributed by atoms with Crippen LogP contribution in [0.3, 0.4) is 0 Å². The van der Waals surface area contributed by atoms with Crippen LogP contribution >= 0.6 is 11.6 Å². The number of halogens is 1. The lowest BCUT2D eigenvalue weighted by Gasteiger charge is -2.09. The number of anilines is 1. The summed E-state index contributed by atoms with van der Waals surface area (Å²) >= 11 is 6.01. The largest absolute Gasteiger partial charge is 0.355 e. The molecule has 0 aliphatic heterocycles. The van der Waals surface area contributed by atoms with Crippen LogP contribution in [0.4, 0.5) is 5.69 Å². The van der Waals surface area contributed by atoms with Crippen LogP contribution in [0.25, 0.3) is 0 Å². The van der Waals surface area contributed by atoms with E-state index in [1.165, 1.54) is 20.0 Å². The van der Waals surface area contributed by atoms with Crippen molar-refractivity contribution < 1.29 is 14.4 Å². The molecular formula is C18H20ClN3O3. The molecule has 0 aliphatic rings. The summed E-state index contributed by atoms with van der Waals surface area (Å²) in [6, 6.07) is 4.66. The highest BCUT2D eigenvalue weighted by atomic mass is 35.5. The molecule has 1 aromatic heterocycles. The number of amides is 2. The van der Waals surface area contributed by atoms with Crippen LogP contribution in [-0.2, 0) is 6.42 Å². The Bertz CT molecular complexity index is 855. The Morgan fingerprint density at radius 1 is 1.20 bits per heavy atom. The molecule has 0 saturated heterocycles. The van der Waals surface area contributed by atoms with Gasteiger partial charge in [0.05, 0.1) is 10.6 Å². The number of hydrogen-bond donors (Lipinski definition) is 3. The number of benzene rings is 1. The minimum Gasteiger partial charge on any atom is -0.355 e. The first-order chi connectivity index (χ1) is 11.8. The molecule has 25 heavy (non-hydrogen) atoms. The maximum Gasteiger partial charge on any atom is 0.272 e. The summed E-state index contributed by atoms with van der Waals surface area (Å²) < 4.78 is 0. The van der Waals surface area contributed by atoms with Crippen LogP contribution in [0.1, 0.15) is 56.3 Å². The van der Waals surface area contributed by atoms with Gasteiger partial charge >= 0.3 is 0 Å². The Morgan fingerprint density at radius 3 is 2.44 bits per heavy atom. The molecule has 0 atom stereocenters. The predicted molar refractivity (Wildman–Crippen MR) is 97.7 cm³/mol. The fourth-order valence-electron chi connectivity index (χ4n) is 2.81. The average molecular weight is 362 g/mol. The smallest absolute Gasteiger partial charge is 0.272 e.